The molecule has 0 aliphatic rings. The molecule has 0 aliphatic carbocycles. The van der Waals surface area contributed by atoms with Crippen LogP contribution in [0.15, 0.2) is 76.9 Å². The van der Waals surface area contributed by atoms with Crippen molar-refractivity contribution in [2.45, 2.75) is 5.03 Å². The van der Waals surface area contributed by atoms with Crippen LogP contribution in [0.1, 0.15) is 5.56 Å². The van der Waals surface area contributed by atoms with Gasteiger partial charge in [-0.05, 0) is 24.3 Å². The zero-order chi connectivity index (χ0) is 19.3. The molecule has 0 atom stereocenters. The fourth-order valence-electron chi connectivity index (χ4n) is 2.67. The maximum Gasteiger partial charge on any atom is 0.250 e. The SMILES string of the molecule is O=C(CSc1ccc2ccccc2n1)N/N=C/c1cc2ccccc2nc1Cl. The number of aromatic nitrogens is 2. The third-order valence-corrected chi connectivity index (χ3v) is 5.25. The molecule has 138 valence electrons. The van der Waals surface area contributed by atoms with Gasteiger partial charge in [-0.1, -0.05) is 65.8 Å². The molecular weight excluding hydrogens is 392 g/mol. The Kier molecular flexibility index (Phi) is 5.50. The number of pyridine rings is 2. The third-order valence-electron chi connectivity index (χ3n) is 4.02. The minimum absolute atomic E-state index is 0.215. The monoisotopic (exact) mass is 406 g/mol. The molecule has 2 aromatic carbocycles. The molecule has 4 rings (SSSR count). The number of benzene rings is 2. The van der Waals surface area contributed by atoms with Gasteiger partial charge in [-0.2, -0.15) is 5.10 Å². The fraction of sp³-hybridized carbons (Fsp3) is 0.0476. The molecule has 2 heterocycles. The molecule has 7 heteroatoms. The van der Waals surface area contributed by atoms with Crippen LogP contribution in [0.2, 0.25) is 5.15 Å². The summed E-state index contributed by atoms with van der Waals surface area (Å²) in [6.07, 6.45) is 1.50. The normalized spacial score (nSPS) is 11.3. The van der Waals surface area contributed by atoms with Gasteiger partial charge in [0, 0.05) is 16.3 Å². The van der Waals surface area contributed by atoms with Gasteiger partial charge in [0.05, 0.1) is 28.0 Å². The second-order valence-electron chi connectivity index (χ2n) is 5.99. The van der Waals surface area contributed by atoms with Crippen molar-refractivity contribution in [2.75, 3.05) is 5.75 Å². The Balaban J connectivity index is 1.36. The summed E-state index contributed by atoms with van der Waals surface area (Å²) in [6.45, 7) is 0. The van der Waals surface area contributed by atoms with E-state index in [9.17, 15) is 4.79 Å². The summed E-state index contributed by atoms with van der Waals surface area (Å²) in [5, 5.41) is 7.15. The Bertz CT molecular complexity index is 1200. The molecule has 0 saturated carbocycles. The number of hydrogen-bond donors (Lipinski definition) is 1. The lowest BCUT2D eigenvalue weighted by Crippen LogP contribution is -2.19. The number of para-hydroxylation sites is 2. The average Bonchev–Trinajstić information content (AvgIpc) is 2.72. The molecule has 0 spiro atoms. The van der Waals surface area contributed by atoms with Crippen molar-refractivity contribution in [3.8, 4) is 0 Å². The second-order valence-corrected chi connectivity index (χ2v) is 7.34. The van der Waals surface area contributed by atoms with E-state index in [4.69, 9.17) is 11.6 Å². The van der Waals surface area contributed by atoms with Gasteiger partial charge in [-0.25, -0.2) is 15.4 Å². The minimum atomic E-state index is -0.221. The van der Waals surface area contributed by atoms with Crippen LogP contribution in [0.5, 0.6) is 0 Å². The van der Waals surface area contributed by atoms with E-state index >= 15 is 0 Å². The van der Waals surface area contributed by atoms with Crippen molar-refractivity contribution >= 4 is 57.3 Å². The van der Waals surface area contributed by atoms with Gasteiger partial charge in [0.2, 0.25) is 5.91 Å². The highest BCUT2D eigenvalue weighted by atomic mass is 35.5. The number of nitrogens with zero attached hydrogens (tertiary/aromatic N) is 3. The van der Waals surface area contributed by atoms with E-state index in [1.807, 2.05) is 66.7 Å². The molecule has 0 saturated heterocycles. The average molecular weight is 407 g/mol. The number of halogens is 1. The molecule has 0 aliphatic heterocycles. The largest absolute Gasteiger partial charge is 0.272 e. The predicted molar refractivity (Wildman–Crippen MR) is 115 cm³/mol. The van der Waals surface area contributed by atoms with Crippen LogP contribution in [0.25, 0.3) is 21.8 Å². The van der Waals surface area contributed by atoms with Crippen LogP contribution in [-0.2, 0) is 4.79 Å². The summed E-state index contributed by atoms with van der Waals surface area (Å²) in [5.41, 5.74) is 4.87. The smallest absolute Gasteiger partial charge is 0.250 e. The summed E-state index contributed by atoms with van der Waals surface area (Å²) in [5.74, 6) is -0.00656. The Hall–Kier alpha value is -2.96. The van der Waals surface area contributed by atoms with Gasteiger partial charge in [0.1, 0.15) is 5.15 Å². The van der Waals surface area contributed by atoms with Crippen LogP contribution in [-0.4, -0.2) is 27.8 Å². The van der Waals surface area contributed by atoms with Gasteiger partial charge in [-0.15, -0.1) is 0 Å². The van der Waals surface area contributed by atoms with Crippen LogP contribution in [0, 0.1) is 0 Å². The fourth-order valence-corrected chi connectivity index (χ4v) is 3.54. The van der Waals surface area contributed by atoms with E-state index < -0.39 is 0 Å². The lowest BCUT2D eigenvalue weighted by atomic mass is 10.2. The first kappa shape index (κ1) is 18.4. The van der Waals surface area contributed by atoms with Crippen molar-refractivity contribution in [3.63, 3.8) is 0 Å². The summed E-state index contributed by atoms with van der Waals surface area (Å²) in [4.78, 5) is 20.9. The van der Waals surface area contributed by atoms with E-state index in [1.54, 1.807) is 0 Å². The number of fused-ring (bicyclic) bond motifs is 2. The van der Waals surface area contributed by atoms with Gasteiger partial charge < -0.3 is 0 Å². The standard InChI is InChI=1S/C21H15ClN4OS/c22-21-16(11-15-6-2-4-8-18(15)25-21)12-23-26-19(27)13-28-20-10-9-14-5-1-3-7-17(14)24-20/h1-12H,13H2,(H,26,27)/b23-12+. The maximum atomic E-state index is 12.0. The van der Waals surface area contributed by atoms with E-state index in [1.165, 1.54) is 18.0 Å². The number of carbonyl (C=O) groups is 1. The number of amides is 1. The van der Waals surface area contributed by atoms with Crippen molar-refractivity contribution in [3.05, 3.63) is 77.4 Å². The maximum absolute atomic E-state index is 12.0. The molecule has 4 aromatic rings. The first-order chi connectivity index (χ1) is 13.7. The second kappa shape index (κ2) is 8.37. The quantitative estimate of drug-likeness (QED) is 0.226. The molecule has 0 bridgehead atoms. The van der Waals surface area contributed by atoms with Crippen molar-refractivity contribution in [2.24, 2.45) is 5.10 Å². The number of carbonyl (C=O) groups excluding carboxylic acids is 1. The number of thioether (sulfide) groups is 1. The highest BCUT2D eigenvalue weighted by Crippen LogP contribution is 2.20. The topological polar surface area (TPSA) is 67.2 Å². The Morgan fingerprint density at radius 1 is 1.00 bits per heavy atom. The summed E-state index contributed by atoms with van der Waals surface area (Å²) in [6, 6.07) is 21.3. The van der Waals surface area contributed by atoms with Crippen LogP contribution < -0.4 is 5.43 Å². The van der Waals surface area contributed by atoms with Gasteiger partial charge >= 0.3 is 0 Å². The minimum Gasteiger partial charge on any atom is -0.272 e. The molecular formula is C21H15ClN4OS. The molecule has 1 N–H and O–H groups in total. The molecule has 0 fully saturated rings. The first-order valence-electron chi connectivity index (χ1n) is 8.55. The Morgan fingerprint density at radius 2 is 1.71 bits per heavy atom. The highest BCUT2D eigenvalue weighted by Gasteiger charge is 2.05. The number of rotatable bonds is 5. The van der Waals surface area contributed by atoms with E-state index in [-0.39, 0.29) is 11.7 Å². The number of hydrazone groups is 1. The van der Waals surface area contributed by atoms with Crippen molar-refractivity contribution in [1.29, 1.82) is 0 Å². The predicted octanol–water partition coefficient (Wildman–Crippen LogP) is 4.68. The van der Waals surface area contributed by atoms with E-state index in [0.29, 0.717) is 10.7 Å². The summed E-state index contributed by atoms with van der Waals surface area (Å²) < 4.78 is 0. The van der Waals surface area contributed by atoms with Crippen LogP contribution in [0.4, 0.5) is 0 Å². The molecule has 0 unspecified atom stereocenters. The zero-order valence-corrected chi connectivity index (χ0v) is 16.2. The first-order valence-corrected chi connectivity index (χ1v) is 9.91. The van der Waals surface area contributed by atoms with E-state index in [2.05, 4.69) is 20.5 Å². The zero-order valence-electron chi connectivity index (χ0n) is 14.7. The molecule has 2 aromatic heterocycles. The van der Waals surface area contributed by atoms with Crippen LogP contribution >= 0.6 is 23.4 Å². The van der Waals surface area contributed by atoms with Crippen molar-refractivity contribution < 1.29 is 4.79 Å². The lowest BCUT2D eigenvalue weighted by Gasteiger charge is -2.03. The third kappa shape index (κ3) is 4.30. The molecule has 0 radical (unpaired) electrons. The van der Waals surface area contributed by atoms with E-state index in [0.717, 1.165) is 26.8 Å². The highest BCUT2D eigenvalue weighted by molar-refractivity contribution is 7.99. The van der Waals surface area contributed by atoms with Crippen LogP contribution in [0.3, 0.4) is 0 Å². The summed E-state index contributed by atoms with van der Waals surface area (Å²) >= 11 is 7.54. The Labute approximate surface area is 170 Å². The van der Waals surface area contributed by atoms with Gasteiger partial charge in [-0.3, -0.25) is 4.79 Å². The van der Waals surface area contributed by atoms with Crippen molar-refractivity contribution in [1.82, 2.24) is 15.4 Å². The van der Waals surface area contributed by atoms with Gasteiger partial charge in [0.25, 0.3) is 0 Å². The van der Waals surface area contributed by atoms with Gasteiger partial charge in [0.15, 0.2) is 0 Å². The number of hydrogen-bond acceptors (Lipinski definition) is 5. The molecule has 1 amide bonds. The summed E-state index contributed by atoms with van der Waals surface area (Å²) in [7, 11) is 0. The molecule has 5 nitrogen and oxygen atoms in total. The lowest BCUT2D eigenvalue weighted by molar-refractivity contribution is -0.118. The molecule has 28 heavy (non-hydrogen) atoms. The Morgan fingerprint density at radius 3 is 2.54 bits per heavy atom. The number of nitrogens with one attached hydrogen (secondary N) is 1.